The largest absolute Gasteiger partial charge is 0.384 e. The normalized spacial score (nSPS) is 10.8. The number of para-hydroxylation sites is 1. The van der Waals surface area contributed by atoms with E-state index in [-0.39, 0.29) is 5.91 Å². The number of anilines is 1. The number of amides is 1. The van der Waals surface area contributed by atoms with Crippen LogP contribution in [0, 0.1) is 0 Å². The van der Waals surface area contributed by atoms with Crippen LogP contribution in [-0.4, -0.2) is 29.0 Å². The molecule has 0 fully saturated rings. The van der Waals surface area contributed by atoms with Gasteiger partial charge in [-0.15, -0.1) is 0 Å². The second-order valence-electron chi connectivity index (χ2n) is 6.11. The molecule has 0 radical (unpaired) electrons. The fourth-order valence-corrected chi connectivity index (χ4v) is 2.82. The summed E-state index contributed by atoms with van der Waals surface area (Å²) in [6.07, 6.45) is 8.38. The average molecular weight is 336 g/mol. The molecule has 0 aliphatic carbocycles. The van der Waals surface area contributed by atoms with Gasteiger partial charge in [-0.1, -0.05) is 31.5 Å². The molecule has 0 saturated heterocycles. The third-order valence-corrected chi connectivity index (χ3v) is 4.21. The number of aromatic nitrogens is 2. The number of benzene rings is 1. The number of carbonyl (C=O) groups excluding carboxylic acids is 1. The molecule has 2 aromatic heterocycles. The SMILES string of the molecule is CCCCNc1cncc(C(=O)NCCc2c[nH]c3ccccc23)c1. The van der Waals surface area contributed by atoms with Crippen molar-refractivity contribution in [2.24, 2.45) is 0 Å². The van der Waals surface area contributed by atoms with Crippen molar-refractivity contribution in [2.45, 2.75) is 26.2 Å². The van der Waals surface area contributed by atoms with Crippen LogP contribution < -0.4 is 10.6 Å². The van der Waals surface area contributed by atoms with E-state index in [1.54, 1.807) is 12.4 Å². The van der Waals surface area contributed by atoms with Crippen molar-refractivity contribution in [1.29, 1.82) is 0 Å². The molecule has 3 N–H and O–H groups in total. The molecule has 0 bridgehead atoms. The Morgan fingerprint density at radius 2 is 2.08 bits per heavy atom. The van der Waals surface area contributed by atoms with Gasteiger partial charge in [-0.25, -0.2) is 0 Å². The fourth-order valence-electron chi connectivity index (χ4n) is 2.82. The van der Waals surface area contributed by atoms with Crippen molar-refractivity contribution < 1.29 is 4.79 Å². The zero-order valence-corrected chi connectivity index (χ0v) is 14.5. The average Bonchev–Trinajstić information content (AvgIpc) is 3.05. The lowest BCUT2D eigenvalue weighted by Gasteiger charge is -2.08. The van der Waals surface area contributed by atoms with Crippen LogP contribution in [0.3, 0.4) is 0 Å². The number of H-pyrrole nitrogens is 1. The Balaban J connectivity index is 1.55. The Hall–Kier alpha value is -2.82. The molecule has 0 atom stereocenters. The van der Waals surface area contributed by atoms with Crippen LogP contribution >= 0.6 is 0 Å². The number of pyridine rings is 1. The minimum Gasteiger partial charge on any atom is -0.384 e. The van der Waals surface area contributed by atoms with Gasteiger partial charge in [-0.05, 0) is 30.5 Å². The zero-order valence-electron chi connectivity index (χ0n) is 14.5. The van der Waals surface area contributed by atoms with E-state index in [4.69, 9.17) is 0 Å². The van der Waals surface area contributed by atoms with Crippen LogP contribution in [-0.2, 0) is 6.42 Å². The maximum Gasteiger partial charge on any atom is 0.252 e. The Labute approximate surface area is 147 Å². The van der Waals surface area contributed by atoms with Gasteiger partial charge in [0.15, 0.2) is 0 Å². The van der Waals surface area contributed by atoms with Gasteiger partial charge in [-0.3, -0.25) is 9.78 Å². The Bertz CT molecular complexity index is 840. The van der Waals surface area contributed by atoms with Gasteiger partial charge < -0.3 is 15.6 Å². The zero-order chi connectivity index (χ0) is 17.5. The van der Waals surface area contributed by atoms with Gasteiger partial charge in [0, 0.05) is 42.6 Å². The molecule has 130 valence electrons. The second-order valence-corrected chi connectivity index (χ2v) is 6.11. The lowest BCUT2D eigenvalue weighted by atomic mass is 10.1. The van der Waals surface area contributed by atoms with Crippen molar-refractivity contribution in [3.63, 3.8) is 0 Å². The van der Waals surface area contributed by atoms with Gasteiger partial charge in [0.1, 0.15) is 0 Å². The van der Waals surface area contributed by atoms with Crippen LogP contribution in [0.2, 0.25) is 0 Å². The predicted molar refractivity (Wildman–Crippen MR) is 102 cm³/mol. The van der Waals surface area contributed by atoms with Crippen molar-refractivity contribution in [1.82, 2.24) is 15.3 Å². The Morgan fingerprint density at radius 1 is 1.20 bits per heavy atom. The molecule has 0 spiro atoms. The summed E-state index contributed by atoms with van der Waals surface area (Å²) in [6, 6.07) is 10.0. The molecule has 3 aromatic rings. The van der Waals surface area contributed by atoms with E-state index in [1.807, 2.05) is 24.4 Å². The standard InChI is InChI=1S/C20H24N4O/c1-2-3-9-22-17-11-16(12-21-14-17)20(25)23-10-8-15-13-24-19-7-5-4-6-18(15)19/h4-7,11-14,22,24H,2-3,8-10H2,1H3,(H,23,25). The molecule has 3 rings (SSSR count). The smallest absolute Gasteiger partial charge is 0.252 e. The topological polar surface area (TPSA) is 69.8 Å². The third-order valence-electron chi connectivity index (χ3n) is 4.21. The number of aromatic amines is 1. The summed E-state index contributed by atoms with van der Waals surface area (Å²) >= 11 is 0. The highest BCUT2D eigenvalue weighted by Crippen LogP contribution is 2.17. The highest BCUT2D eigenvalue weighted by Gasteiger charge is 2.08. The van der Waals surface area contributed by atoms with E-state index in [0.717, 1.165) is 37.0 Å². The van der Waals surface area contributed by atoms with E-state index in [0.29, 0.717) is 12.1 Å². The first-order valence-electron chi connectivity index (χ1n) is 8.80. The summed E-state index contributed by atoms with van der Waals surface area (Å²) < 4.78 is 0. The third kappa shape index (κ3) is 4.38. The molecule has 25 heavy (non-hydrogen) atoms. The second kappa shape index (κ2) is 8.33. The number of nitrogens with one attached hydrogen (secondary N) is 3. The molecule has 0 aliphatic rings. The van der Waals surface area contributed by atoms with E-state index in [1.165, 1.54) is 10.9 Å². The first-order chi connectivity index (χ1) is 12.3. The van der Waals surface area contributed by atoms with Crippen molar-refractivity contribution >= 4 is 22.5 Å². The Kier molecular flexibility index (Phi) is 5.67. The monoisotopic (exact) mass is 336 g/mol. The molecule has 1 amide bonds. The van der Waals surface area contributed by atoms with E-state index in [9.17, 15) is 4.79 Å². The van der Waals surface area contributed by atoms with Crippen molar-refractivity contribution in [3.8, 4) is 0 Å². The van der Waals surface area contributed by atoms with E-state index in [2.05, 4.69) is 39.7 Å². The van der Waals surface area contributed by atoms with Gasteiger partial charge in [0.05, 0.1) is 11.3 Å². The number of carbonyl (C=O) groups is 1. The number of rotatable bonds is 8. The quantitative estimate of drug-likeness (QED) is 0.549. The lowest BCUT2D eigenvalue weighted by molar-refractivity contribution is 0.0954. The maximum atomic E-state index is 12.3. The number of hydrogen-bond acceptors (Lipinski definition) is 3. The van der Waals surface area contributed by atoms with Gasteiger partial charge in [0.2, 0.25) is 0 Å². The summed E-state index contributed by atoms with van der Waals surface area (Å²) in [5, 5.41) is 7.48. The molecule has 1 aromatic carbocycles. The summed E-state index contributed by atoms with van der Waals surface area (Å²) in [6.45, 7) is 3.63. The van der Waals surface area contributed by atoms with E-state index >= 15 is 0 Å². The molecule has 0 unspecified atom stereocenters. The van der Waals surface area contributed by atoms with Gasteiger partial charge >= 0.3 is 0 Å². The fraction of sp³-hybridized carbons (Fsp3) is 0.300. The molecule has 0 aliphatic heterocycles. The first kappa shape index (κ1) is 17.0. The molecule has 0 saturated carbocycles. The summed E-state index contributed by atoms with van der Waals surface area (Å²) in [5.41, 5.74) is 3.81. The van der Waals surface area contributed by atoms with E-state index < -0.39 is 0 Å². The van der Waals surface area contributed by atoms with Gasteiger partial charge in [-0.2, -0.15) is 0 Å². The highest BCUT2D eigenvalue weighted by molar-refractivity contribution is 5.94. The van der Waals surface area contributed by atoms with Crippen LogP contribution in [0.1, 0.15) is 35.7 Å². The number of nitrogens with zero attached hydrogens (tertiary/aromatic N) is 1. The predicted octanol–water partition coefficient (Wildman–Crippen LogP) is 3.75. The van der Waals surface area contributed by atoms with Crippen LogP contribution in [0.15, 0.2) is 48.9 Å². The van der Waals surface area contributed by atoms with Crippen LogP contribution in [0.5, 0.6) is 0 Å². The first-order valence-corrected chi connectivity index (χ1v) is 8.80. The Morgan fingerprint density at radius 3 is 2.96 bits per heavy atom. The molecule has 5 nitrogen and oxygen atoms in total. The number of fused-ring (bicyclic) bond motifs is 1. The lowest BCUT2D eigenvalue weighted by Crippen LogP contribution is -2.25. The van der Waals surface area contributed by atoms with Crippen LogP contribution in [0.4, 0.5) is 5.69 Å². The summed E-state index contributed by atoms with van der Waals surface area (Å²) in [5.74, 6) is -0.0912. The molecule has 2 heterocycles. The highest BCUT2D eigenvalue weighted by atomic mass is 16.1. The molecular formula is C20H24N4O. The maximum absolute atomic E-state index is 12.3. The summed E-state index contributed by atoms with van der Waals surface area (Å²) in [7, 11) is 0. The van der Waals surface area contributed by atoms with Crippen molar-refractivity contribution in [2.75, 3.05) is 18.4 Å². The summed E-state index contributed by atoms with van der Waals surface area (Å²) in [4.78, 5) is 19.7. The minimum absolute atomic E-state index is 0.0912. The molecule has 5 heteroatoms. The van der Waals surface area contributed by atoms with Gasteiger partial charge in [0.25, 0.3) is 5.91 Å². The van der Waals surface area contributed by atoms with Crippen LogP contribution in [0.25, 0.3) is 10.9 Å². The number of hydrogen-bond donors (Lipinski definition) is 3. The minimum atomic E-state index is -0.0912. The number of unbranched alkanes of at least 4 members (excludes halogenated alkanes) is 1. The molecular weight excluding hydrogens is 312 g/mol. The van der Waals surface area contributed by atoms with Crippen molar-refractivity contribution in [3.05, 3.63) is 60.0 Å².